The summed E-state index contributed by atoms with van der Waals surface area (Å²) in [5.74, 6) is 1.79. The predicted molar refractivity (Wildman–Crippen MR) is 227 cm³/mol. The van der Waals surface area contributed by atoms with E-state index < -0.39 is 0 Å². The van der Waals surface area contributed by atoms with Crippen molar-refractivity contribution in [2.45, 2.75) is 0 Å². The molecule has 9 aromatic rings. The first-order valence-corrected chi connectivity index (χ1v) is 17.4. The number of benzene rings is 7. The minimum absolute atomic E-state index is 0.198. The summed E-state index contributed by atoms with van der Waals surface area (Å²) in [6, 6.07) is 48.6. The maximum atomic E-state index is 6.47. The van der Waals surface area contributed by atoms with Gasteiger partial charge >= 0.3 is 0 Å². The molecule has 0 spiro atoms. The molecular weight excluding hydrogens is 653 g/mol. The van der Waals surface area contributed by atoms with Crippen molar-refractivity contribution in [2.24, 2.45) is 0 Å². The fourth-order valence-electron chi connectivity index (χ4n) is 6.98. The first-order valence-electron chi connectivity index (χ1n) is 17.4. The number of aromatic nitrogens is 3. The Morgan fingerprint density at radius 3 is 1.37 bits per heavy atom. The zero-order valence-corrected chi connectivity index (χ0v) is 29.0. The van der Waals surface area contributed by atoms with Gasteiger partial charge in [-0.2, -0.15) is 0 Å². The Labute approximate surface area is 319 Å². The molecule has 9 rings (SSSR count). The lowest BCUT2D eigenvalue weighted by molar-refractivity contribution is 0.669. The van der Waals surface area contributed by atoms with E-state index in [9.17, 15) is 0 Å². The molecule has 0 bridgehead atoms. The molecule has 9 heteroatoms. The second-order valence-corrected chi connectivity index (χ2v) is 13.1. The van der Waals surface area contributed by atoms with Crippen LogP contribution in [0, 0.1) is 0 Å². The monoisotopic (exact) mass is 677 g/mol. The number of hydrogen-bond acceptors (Lipinski definition) is 4. The highest BCUT2D eigenvalue weighted by atomic mass is 16.3. The molecule has 4 nitrogen and oxygen atoms in total. The van der Waals surface area contributed by atoms with Crippen molar-refractivity contribution in [3.05, 3.63) is 146 Å². The Morgan fingerprint density at radius 1 is 0.352 bits per heavy atom. The molecular formula is C45H24B5N3O. The van der Waals surface area contributed by atoms with E-state index in [2.05, 4.69) is 36.4 Å². The normalized spacial score (nSPS) is 11.3. The predicted octanol–water partition coefficient (Wildman–Crippen LogP) is 5.74. The summed E-state index contributed by atoms with van der Waals surface area (Å²) in [5.41, 5.74) is 11.1. The van der Waals surface area contributed by atoms with Gasteiger partial charge in [0.25, 0.3) is 0 Å². The zero-order valence-electron chi connectivity index (χ0n) is 29.0. The van der Waals surface area contributed by atoms with Gasteiger partial charge in [-0.1, -0.05) is 138 Å². The van der Waals surface area contributed by atoms with Crippen LogP contribution in [0.2, 0.25) is 0 Å². The van der Waals surface area contributed by atoms with Gasteiger partial charge < -0.3 is 4.42 Å². The summed E-state index contributed by atoms with van der Waals surface area (Å²) in [4.78, 5) is 14.6. The first kappa shape index (κ1) is 33.5. The molecule has 0 amide bonds. The van der Waals surface area contributed by atoms with Gasteiger partial charge in [-0.05, 0) is 51.6 Å². The number of hydrogen-bond donors (Lipinski definition) is 0. The highest BCUT2D eigenvalue weighted by Crippen LogP contribution is 2.39. The molecule has 54 heavy (non-hydrogen) atoms. The summed E-state index contributed by atoms with van der Waals surface area (Å²) in [6.45, 7) is 0. The molecule has 2 heterocycles. The largest absolute Gasteiger partial charge is 0.456 e. The maximum Gasteiger partial charge on any atom is 0.164 e. The van der Waals surface area contributed by atoms with E-state index in [0.717, 1.165) is 66.4 Å². The Hall–Kier alpha value is -6.33. The van der Waals surface area contributed by atoms with Gasteiger partial charge in [0, 0.05) is 27.5 Å². The van der Waals surface area contributed by atoms with E-state index in [-0.39, 0.29) is 16.4 Å². The molecule has 2 aromatic heterocycles. The molecule has 0 unspecified atom stereocenters. The molecule has 0 saturated carbocycles. The Morgan fingerprint density at radius 2 is 0.815 bits per heavy atom. The van der Waals surface area contributed by atoms with Gasteiger partial charge in [-0.3, -0.25) is 0 Å². The molecule has 0 aliphatic carbocycles. The van der Waals surface area contributed by atoms with E-state index in [1.165, 1.54) is 0 Å². The number of furan rings is 1. The minimum atomic E-state index is 0.198. The number of nitrogens with zero attached hydrogens (tertiary/aromatic N) is 3. The molecule has 0 fully saturated rings. The van der Waals surface area contributed by atoms with E-state index >= 15 is 0 Å². The van der Waals surface area contributed by atoms with Gasteiger partial charge in [-0.25, -0.2) is 15.0 Å². The van der Waals surface area contributed by atoms with Crippen molar-refractivity contribution in [3.8, 4) is 67.5 Å². The molecule has 0 atom stereocenters. The van der Waals surface area contributed by atoms with Crippen LogP contribution in [0.4, 0.5) is 0 Å². The lowest BCUT2D eigenvalue weighted by Gasteiger charge is -2.21. The molecule has 0 aliphatic rings. The topological polar surface area (TPSA) is 51.8 Å². The highest BCUT2D eigenvalue weighted by Gasteiger charge is 2.17. The minimum Gasteiger partial charge on any atom is -0.456 e. The third kappa shape index (κ3) is 5.86. The van der Waals surface area contributed by atoms with Crippen LogP contribution in [0.1, 0.15) is 0 Å². The quantitative estimate of drug-likeness (QED) is 0.211. The van der Waals surface area contributed by atoms with Crippen LogP contribution in [-0.4, -0.2) is 54.2 Å². The number of rotatable bonds is 6. The molecule has 240 valence electrons. The van der Waals surface area contributed by atoms with Crippen molar-refractivity contribution in [1.82, 2.24) is 15.0 Å². The first-order chi connectivity index (χ1) is 26.3. The van der Waals surface area contributed by atoms with Gasteiger partial charge in [-0.15, -0.1) is 16.4 Å². The van der Waals surface area contributed by atoms with E-state index in [4.69, 9.17) is 58.6 Å². The Kier molecular flexibility index (Phi) is 8.43. The van der Waals surface area contributed by atoms with E-state index in [0.29, 0.717) is 34.0 Å². The average Bonchev–Trinajstić information content (AvgIpc) is 3.61. The maximum absolute atomic E-state index is 6.47. The van der Waals surface area contributed by atoms with Gasteiger partial charge in [0.15, 0.2) is 17.5 Å². The Balaban J connectivity index is 1.06. The average molecular weight is 677 g/mol. The lowest BCUT2D eigenvalue weighted by atomic mass is 9.59. The smallest absolute Gasteiger partial charge is 0.164 e. The summed E-state index contributed by atoms with van der Waals surface area (Å²) < 4.78 is 6.47. The SMILES string of the molecule is [B]c1c([B])c([B])c(-c2ccc(-c3ccc(-c4cccc5oc6cc(-c7nc(-c8ccccc8)nc(-c8ccccc8)n7)ccc6c45)cc3)cc2)c([B])c1[B]. The second kappa shape index (κ2) is 13.6. The third-order valence-corrected chi connectivity index (χ3v) is 9.86. The molecule has 0 saturated heterocycles. The fourth-order valence-corrected chi connectivity index (χ4v) is 6.98. The highest BCUT2D eigenvalue weighted by molar-refractivity contribution is 6.68. The fraction of sp³-hybridized carbons (Fsp3) is 0. The molecule has 10 radical (unpaired) electrons. The van der Waals surface area contributed by atoms with Crippen molar-refractivity contribution < 1.29 is 4.42 Å². The lowest BCUT2D eigenvalue weighted by Crippen LogP contribution is -2.55. The van der Waals surface area contributed by atoms with E-state index in [1.54, 1.807) is 0 Å². The molecule has 7 aromatic carbocycles. The molecule has 0 aliphatic heterocycles. The van der Waals surface area contributed by atoms with Crippen LogP contribution < -0.4 is 27.3 Å². The van der Waals surface area contributed by atoms with Crippen molar-refractivity contribution in [2.75, 3.05) is 0 Å². The second-order valence-electron chi connectivity index (χ2n) is 13.1. The van der Waals surface area contributed by atoms with Gasteiger partial charge in [0.2, 0.25) is 0 Å². The van der Waals surface area contributed by atoms with Crippen LogP contribution in [0.25, 0.3) is 89.5 Å². The van der Waals surface area contributed by atoms with Gasteiger partial charge in [0.1, 0.15) is 50.4 Å². The van der Waals surface area contributed by atoms with Crippen LogP contribution in [0.3, 0.4) is 0 Å². The summed E-state index contributed by atoms with van der Waals surface area (Å²) in [7, 11) is 30.8. The standard InChI is InChI=1S/C45H24B5N3O/c46-38-36(39(47)41(49)42(50)40(38)48)28-20-16-26(17-21-28)25-14-18-27(19-15-25)32-12-7-13-34-37(32)33-23-22-31(24-35(33)54-34)45-52-43(29-8-3-1-4-9-29)51-44(53-45)30-10-5-2-6-11-30/h1-24H. The van der Waals surface area contributed by atoms with Crippen LogP contribution in [0.15, 0.2) is 150 Å². The van der Waals surface area contributed by atoms with Crippen molar-refractivity contribution >= 4 is 88.5 Å². The zero-order chi connectivity index (χ0) is 36.9. The molecule has 0 N–H and O–H groups in total. The van der Waals surface area contributed by atoms with Gasteiger partial charge in [0.05, 0.1) is 0 Å². The third-order valence-electron chi connectivity index (χ3n) is 9.86. The van der Waals surface area contributed by atoms with Crippen molar-refractivity contribution in [3.63, 3.8) is 0 Å². The number of fused-ring (bicyclic) bond motifs is 3. The van der Waals surface area contributed by atoms with Crippen LogP contribution in [0.5, 0.6) is 0 Å². The summed E-state index contributed by atoms with van der Waals surface area (Å²) >= 11 is 0. The van der Waals surface area contributed by atoms with Crippen molar-refractivity contribution in [1.29, 1.82) is 0 Å². The van der Waals surface area contributed by atoms with Crippen LogP contribution in [-0.2, 0) is 0 Å². The van der Waals surface area contributed by atoms with Crippen LogP contribution >= 0.6 is 0 Å². The summed E-state index contributed by atoms with van der Waals surface area (Å²) in [5, 5.41) is 2.05. The van der Waals surface area contributed by atoms with E-state index in [1.807, 2.05) is 109 Å². The Bertz CT molecular complexity index is 2770. The summed E-state index contributed by atoms with van der Waals surface area (Å²) in [6.07, 6.45) is 0.